The van der Waals surface area contributed by atoms with Crippen LogP contribution < -0.4 is 0 Å². The fourth-order valence-corrected chi connectivity index (χ4v) is 14.4. The van der Waals surface area contributed by atoms with Gasteiger partial charge in [0.1, 0.15) is 0 Å². The summed E-state index contributed by atoms with van der Waals surface area (Å²) in [5.74, 6) is 0. The molecule has 0 aromatic heterocycles. The van der Waals surface area contributed by atoms with Crippen molar-refractivity contribution < 1.29 is 17.1 Å². The van der Waals surface area contributed by atoms with Crippen LogP contribution >= 0.6 is 0 Å². The number of hydrogen-bond acceptors (Lipinski definition) is 0. The SMILES string of the molecule is [CH3][Sb]([CH3])[CH2]c1ccccc1[CH2][Sb]([CH3])[CH3].[CH3][Sb]([CH3])[CH2]c1ccccc1[CH2][Sb]([CH3])[CH3].[Cu+]. The molecule has 0 bridgehead atoms. The zero-order valence-electron chi connectivity index (χ0n) is 19.5. The normalized spacial score (nSPS) is 10.9. The van der Waals surface area contributed by atoms with Crippen LogP contribution in [0.4, 0.5) is 0 Å². The summed E-state index contributed by atoms with van der Waals surface area (Å²) in [7, 11) is 0. The first-order chi connectivity index (χ1) is 13.2. The molecule has 2 rings (SSSR count). The van der Waals surface area contributed by atoms with Crippen molar-refractivity contribution in [3.05, 3.63) is 70.8 Å². The summed E-state index contributed by atoms with van der Waals surface area (Å²) < 4.78 is 5.70. The van der Waals surface area contributed by atoms with Gasteiger partial charge in [0.25, 0.3) is 0 Å². The van der Waals surface area contributed by atoms with Gasteiger partial charge < -0.3 is 0 Å². The van der Waals surface area contributed by atoms with Gasteiger partial charge in [0.05, 0.1) is 0 Å². The fourth-order valence-electron chi connectivity index (χ4n) is 3.09. The Morgan fingerprint density at radius 2 is 0.586 bits per heavy atom. The Morgan fingerprint density at radius 3 is 0.724 bits per heavy atom. The Hall–Kier alpha value is 2.23. The van der Waals surface area contributed by atoms with E-state index in [1.165, 1.54) is 17.5 Å². The molecular formula is C24H40CuSb4+. The van der Waals surface area contributed by atoms with E-state index >= 15 is 0 Å². The molecule has 0 atom stereocenters. The van der Waals surface area contributed by atoms with E-state index in [2.05, 4.69) is 87.5 Å². The van der Waals surface area contributed by atoms with E-state index in [9.17, 15) is 0 Å². The van der Waals surface area contributed by atoms with Gasteiger partial charge in [0.15, 0.2) is 0 Å². The molecule has 0 saturated carbocycles. The van der Waals surface area contributed by atoms with Gasteiger partial charge in [-0.2, -0.15) is 0 Å². The van der Waals surface area contributed by atoms with Crippen molar-refractivity contribution in [1.82, 2.24) is 0 Å². The maximum atomic E-state index is 2.48. The van der Waals surface area contributed by atoms with Gasteiger partial charge in [0.2, 0.25) is 0 Å². The summed E-state index contributed by atoms with van der Waals surface area (Å²) in [5, 5.41) is 0. The van der Waals surface area contributed by atoms with E-state index in [0.717, 1.165) is 0 Å². The zero-order valence-corrected chi connectivity index (χ0v) is 30.7. The minimum Gasteiger partial charge on any atom is 1.00 e. The number of hydrogen-bond donors (Lipinski definition) is 0. The van der Waals surface area contributed by atoms with Crippen LogP contribution in [0.25, 0.3) is 0 Å². The van der Waals surface area contributed by atoms with Crippen LogP contribution in [-0.4, -0.2) is 80.8 Å². The third-order valence-electron chi connectivity index (χ3n) is 4.18. The summed E-state index contributed by atoms with van der Waals surface area (Å²) in [6.45, 7) is 0. The molecule has 0 radical (unpaired) electrons. The molecule has 0 saturated heterocycles. The molecule has 0 heterocycles. The Bertz CT molecular complexity index is 567. The molecule has 29 heavy (non-hydrogen) atoms. The molecule has 0 aliphatic rings. The second-order valence-corrected chi connectivity index (χ2v) is 36.8. The van der Waals surface area contributed by atoms with Crippen LogP contribution in [0.3, 0.4) is 0 Å². The first-order valence-corrected chi connectivity index (χ1v) is 37.6. The van der Waals surface area contributed by atoms with Gasteiger partial charge in [-0.1, -0.05) is 0 Å². The molecule has 0 fully saturated rings. The topological polar surface area (TPSA) is 0 Å². The number of benzene rings is 2. The van der Waals surface area contributed by atoms with E-state index in [4.69, 9.17) is 0 Å². The van der Waals surface area contributed by atoms with Crippen molar-refractivity contribution in [2.75, 3.05) is 0 Å². The fraction of sp³-hybridized carbons (Fsp3) is 0.500. The van der Waals surface area contributed by atoms with E-state index < -0.39 is 80.8 Å². The maximum Gasteiger partial charge on any atom is 1.00 e. The third-order valence-corrected chi connectivity index (χ3v) is 15.3. The van der Waals surface area contributed by atoms with Crippen LogP contribution in [-0.2, 0) is 34.5 Å². The van der Waals surface area contributed by atoms with Gasteiger partial charge in [-0.05, 0) is 0 Å². The number of rotatable bonds is 8. The monoisotopic (exact) mass is 875 g/mol. The first-order valence-electron chi connectivity index (χ1n) is 9.91. The van der Waals surface area contributed by atoms with Gasteiger partial charge >= 0.3 is 225 Å². The summed E-state index contributed by atoms with van der Waals surface area (Å²) in [6, 6.07) is 18.2. The minimum absolute atomic E-state index is 0. The molecule has 0 N–H and O–H groups in total. The minimum atomic E-state index is -0.842. The van der Waals surface area contributed by atoms with Crippen molar-refractivity contribution in [3.8, 4) is 0 Å². The van der Waals surface area contributed by atoms with Crippen LogP contribution in [0.1, 0.15) is 22.3 Å². The molecule has 0 nitrogen and oxygen atoms in total. The molecule has 166 valence electrons. The summed E-state index contributed by atoms with van der Waals surface area (Å²) in [5.41, 5.74) is 6.66. The van der Waals surface area contributed by atoms with Gasteiger partial charge in [0, 0.05) is 0 Å². The van der Waals surface area contributed by atoms with Crippen LogP contribution in [0, 0.1) is 0 Å². The van der Waals surface area contributed by atoms with E-state index in [1.54, 1.807) is 22.3 Å². The second-order valence-electron chi connectivity index (χ2n) is 8.49. The van der Waals surface area contributed by atoms with E-state index in [0.29, 0.717) is 0 Å². The molecule has 0 aliphatic carbocycles. The Labute approximate surface area is 221 Å². The summed E-state index contributed by atoms with van der Waals surface area (Å²) in [6.07, 6.45) is 0. The largest absolute Gasteiger partial charge is 1.00 e. The molecule has 0 aliphatic heterocycles. The molecule has 0 unspecified atom stereocenters. The standard InChI is InChI=1S/2C8H8.8CH3.Cu.4Sb/c2*1-7-5-3-4-6-8(7)2;;;;;;;;;;;;;/h2*3-6H,1-2H2;8*1H3;;;;;/q;;;;;;;;;;+1;;;;. The molecule has 0 amide bonds. The zero-order chi connectivity index (χ0) is 21.1. The summed E-state index contributed by atoms with van der Waals surface area (Å²) >= 11 is -3.37. The Balaban J connectivity index is 0.000000523. The third kappa shape index (κ3) is 14.9. The van der Waals surface area contributed by atoms with Gasteiger partial charge in [-0.3, -0.25) is 0 Å². The predicted octanol–water partition coefficient (Wildman–Crippen LogP) is 6.72. The van der Waals surface area contributed by atoms with Crippen molar-refractivity contribution in [2.24, 2.45) is 0 Å². The average molecular weight is 879 g/mol. The molecule has 2 aromatic carbocycles. The van der Waals surface area contributed by atoms with Gasteiger partial charge in [-0.15, -0.1) is 0 Å². The molecule has 5 heteroatoms. The molecule has 0 spiro atoms. The van der Waals surface area contributed by atoms with Crippen molar-refractivity contribution in [3.63, 3.8) is 0 Å². The van der Waals surface area contributed by atoms with Crippen LogP contribution in [0.15, 0.2) is 48.5 Å². The van der Waals surface area contributed by atoms with E-state index in [1.807, 2.05) is 0 Å². The average Bonchev–Trinajstić information content (AvgIpc) is 2.57. The van der Waals surface area contributed by atoms with Crippen molar-refractivity contribution >= 4 is 80.8 Å². The Morgan fingerprint density at radius 1 is 0.414 bits per heavy atom. The Kier molecular flexibility index (Phi) is 19.0. The van der Waals surface area contributed by atoms with E-state index in [-0.39, 0.29) is 17.1 Å². The van der Waals surface area contributed by atoms with Gasteiger partial charge in [-0.25, -0.2) is 0 Å². The van der Waals surface area contributed by atoms with Crippen molar-refractivity contribution in [1.29, 1.82) is 0 Å². The molecule has 2 aromatic rings. The van der Waals surface area contributed by atoms with Crippen LogP contribution in [0.2, 0.25) is 39.0 Å². The predicted molar refractivity (Wildman–Crippen MR) is 138 cm³/mol. The first kappa shape index (κ1) is 31.2. The van der Waals surface area contributed by atoms with Crippen LogP contribution in [0.5, 0.6) is 0 Å². The summed E-state index contributed by atoms with van der Waals surface area (Å²) in [4.78, 5) is 19.9. The van der Waals surface area contributed by atoms with Crippen molar-refractivity contribution in [2.45, 2.75) is 56.4 Å². The maximum absolute atomic E-state index is 2.48. The quantitative estimate of drug-likeness (QED) is 0.259. The smallest absolute Gasteiger partial charge is 1.00 e. The molecular weight excluding hydrogens is 839 g/mol. The second kappa shape index (κ2) is 17.7.